The van der Waals surface area contributed by atoms with Gasteiger partial charge in [0, 0.05) is 5.56 Å². The van der Waals surface area contributed by atoms with E-state index >= 15 is 0 Å². The Bertz CT molecular complexity index is 923. The van der Waals surface area contributed by atoms with Crippen LogP contribution in [0.1, 0.15) is 11.1 Å². The summed E-state index contributed by atoms with van der Waals surface area (Å²) >= 11 is 12.7. The molecule has 1 aliphatic heterocycles. The molecule has 4 rings (SSSR count). The highest BCUT2D eigenvalue weighted by Crippen LogP contribution is 2.38. The molecule has 1 aliphatic rings. The maximum absolute atomic E-state index is 6.34. The van der Waals surface area contributed by atoms with Crippen LogP contribution < -0.4 is 5.32 Å². The van der Waals surface area contributed by atoms with E-state index in [1.165, 1.54) is 0 Å². The summed E-state index contributed by atoms with van der Waals surface area (Å²) in [6.07, 6.45) is 1.73. The lowest BCUT2D eigenvalue weighted by Gasteiger charge is -2.10. The van der Waals surface area contributed by atoms with Gasteiger partial charge < -0.3 is 5.32 Å². The van der Waals surface area contributed by atoms with Crippen molar-refractivity contribution in [1.29, 1.82) is 0 Å². The van der Waals surface area contributed by atoms with Crippen LogP contribution in [0, 0.1) is 6.92 Å². The van der Waals surface area contributed by atoms with Gasteiger partial charge in [-0.3, -0.25) is 5.10 Å². The number of aromatic amines is 1. The van der Waals surface area contributed by atoms with Gasteiger partial charge in [-0.25, -0.2) is 4.99 Å². The maximum atomic E-state index is 6.34. The Morgan fingerprint density at radius 1 is 1.04 bits per heavy atom. The van der Waals surface area contributed by atoms with Crippen LogP contribution in [0.3, 0.4) is 0 Å². The van der Waals surface area contributed by atoms with E-state index < -0.39 is 0 Å². The second kappa shape index (κ2) is 5.41. The van der Waals surface area contributed by atoms with E-state index in [-0.39, 0.29) is 0 Å². The molecule has 0 bridgehead atoms. The van der Waals surface area contributed by atoms with Gasteiger partial charge in [0.15, 0.2) is 0 Å². The number of rotatable bonds is 1. The third-order valence-corrected chi connectivity index (χ3v) is 4.38. The minimum atomic E-state index is 0.546. The van der Waals surface area contributed by atoms with E-state index in [9.17, 15) is 0 Å². The summed E-state index contributed by atoms with van der Waals surface area (Å²) in [5, 5.41) is 11.6. The first-order chi connectivity index (χ1) is 11.1. The van der Waals surface area contributed by atoms with E-state index in [1.54, 1.807) is 18.3 Å². The Morgan fingerprint density at radius 3 is 2.61 bits per heavy atom. The Labute approximate surface area is 143 Å². The highest BCUT2D eigenvalue weighted by atomic mass is 35.5. The van der Waals surface area contributed by atoms with Crippen molar-refractivity contribution in [1.82, 2.24) is 10.2 Å². The van der Waals surface area contributed by atoms with Crippen LogP contribution in [0.5, 0.6) is 0 Å². The van der Waals surface area contributed by atoms with Gasteiger partial charge in [0.1, 0.15) is 5.84 Å². The molecule has 1 aromatic heterocycles. The predicted molar refractivity (Wildman–Crippen MR) is 95.0 cm³/mol. The van der Waals surface area contributed by atoms with Gasteiger partial charge >= 0.3 is 0 Å². The fourth-order valence-electron chi connectivity index (χ4n) is 2.65. The van der Waals surface area contributed by atoms with E-state index in [1.807, 2.05) is 25.1 Å². The van der Waals surface area contributed by atoms with Crippen LogP contribution in [0.4, 0.5) is 11.4 Å². The van der Waals surface area contributed by atoms with Gasteiger partial charge in [-0.15, -0.1) is 0 Å². The van der Waals surface area contributed by atoms with E-state index in [4.69, 9.17) is 28.2 Å². The molecule has 2 aromatic carbocycles. The number of aliphatic imine (C=N–C) groups is 1. The number of hydrogen-bond donors (Lipinski definition) is 2. The second-order valence-corrected chi connectivity index (χ2v) is 6.18. The largest absolute Gasteiger partial charge is 0.337 e. The summed E-state index contributed by atoms with van der Waals surface area (Å²) in [6, 6.07) is 11.5. The molecule has 3 aromatic rings. The van der Waals surface area contributed by atoms with Crippen LogP contribution in [-0.4, -0.2) is 16.0 Å². The molecule has 0 amide bonds. The molecule has 0 atom stereocenters. The van der Waals surface area contributed by atoms with Crippen molar-refractivity contribution < 1.29 is 0 Å². The lowest BCUT2D eigenvalue weighted by atomic mass is 10.1. The first-order valence-corrected chi connectivity index (χ1v) is 7.83. The second-order valence-electron chi connectivity index (χ2n) is 5.36. The van der Waals surface area contributed by atoms with E-state index in [2.05, 4.69) is 21.6 Å². The molecular formula is C17H12Cl2N4. The fraction of sp³-hybridized carbons (Fsp3) is 0.0588. The van der Waals surface area contributed by atoms with Crippen LogP contribution >= 0.6 is 23.2 Å². The summed E-state index contributed by atoms with van der Waals surface area (Å²) < 4.78 is 0. The smallest absolute Gasteiger partial charge is 0.141 e. The summed E-state index contributed by atoms with van der Waals surface area (Å²) in [4.78, 5) is 4.75. The fourth-order valence-corrected chi connectivity index (χ4v) is 3.23. The molecule has 0 radical (unpaired) electrons. The number of hydrogen-bond acceptors (Lipinski definition) is 3. The molecule has 0 fully saturated rings. The molecular weight excluding hydrogens is 331 g/mol. The predicted octanol–water partition coefficient (Wildman–Crippen LogP) is 5.20. The number of nitrogens with zero attached hydrogens (tertiary/aromatic N) is 2. The number of nitrogens with one attached hydrogen (secondary N) is 2. The normalized spacial score (nSPS) is 12.7. The monoisotopic (exact) mass is 342 g/mol. The minimum absolute atomic E-state index is 0.546. The summed E-state index contributed by atoms with van der Waals surface area (Å²) in [7, 11) is 0. The number of H-pyrrole nitrogens is 1. The van der Waals surface area contributed by atoms with Crippen LogP contribution in [0.25, 0.3) is 11.3 Å². The molecule has 4 nitrogen and oxygen atoms in total. The van der Waals surface area contributed by atoms with Gasteiger partial charge in [0.05, 0.1) is 38.9 Å². The van der Waals surface area contributed by atoms with Crippen molar-refractivity contribution in [2.75, 3.05) is 5.32 Å². The van der Waals surface area contributed by atoms with Crippen LogP contribution in [0.2, 0.25) is 10.0 Å². The summed E-state index contributed by atoms with van der Waals surface area (Å²) in [5.41, 5.74) is 5.38. The van der Waals surface area contributed by atoms with E-state index in [0.717, 1.165) is 28.2 Å². The lowest BCUT2D eigenvalue weighted by Crippen LogP contribution is -2.13. The van der Waals surface area contributed by atoms with Crippen molar-refractivity contribution in [3.05, 3.63) is 63.8 Å². The molecule has 2 N–H and O–H groups in total. The van der Waals surface area contributed by atoms with E-state index in [0.29, 0.717) is 21.4 Å². The maximum Gasteiger partial charge on any atom is 0.141 e. The van der Waals surface area contributed by atoms with Crippen molar-refractivity contribution in [3.63, 3.8) is 0 Å². The van der Waals surface area contributed by atoms with Crippen molar-refractivity contribution in [2.24, 2.45) is 4.99 Å². The lowest BCUT2D eigenvalue weighted by molar-refractivity contribution is 1.09. The van der Waals surface area contributed by atoms with Crippen molar-refractivity contribution >= 4 is 40.4 Å². The van der Waals surface area contributed by atoms with Gasteiger partial charge in [-0.1, -0.05) is 40.9 Å². The van der Waals surface area contributed by atoms with Gasteiger partial charge in [-0.2, -0.15) is 5.10 Å². The summed E-state index contributed by atoms with van der Waals surface area (Å²) in [6.45, 7) is 2.05. The molecule has 0 aliphatic carbocycles. The molecule has 0 saturated carbocycles. The number of aromatic nitrogens is 2. The Morgan fingerprint density at radius 2 is 1.83 bits per heavy atom. The third-order valence-electron chi connectivity index (χ3n) is 3.75. The number of halogens is 2. The average Bonchev–Trinajstić information content (AvgIpc) is 2.91. The van der Waals surface area contributed by atoms with Crippen LogP contribution in [0.15, 0.2) is 47.6 Å². The zero-order valence-electron chi connectivity index (χ0n) is 12.2. The molecule has 2 heterocycles. The number of benzene rings is 2. The zero-order chi connectivity index (χ0) is 16.0. The average molecular weight is 343 g/mol. The first-order valence-electron chi connectivity index (χ1n) is 7.08. The topological polar surface area (TPSA) is 53.1 Å². The quantitative estimate of drug-likeness (QED) is 0.638. The first kappa shape index (κ1) is 14.3. The molecule has 0 saturated heterocycles. The Balaban J connectivity index is 1.99. The molecule has 23 heavy (non-hydrogen) atoms. The summed E-state index contributed by atoms with van der Waals surface area (Å²) in [5.74, 6) is 0.603. The van der Waals surface area contributed by atoms with Gasteiger partial charge in [0.25, 0.3) is 0 Å². The zero-order valence-corrected chi connectivity index (χ0v) is 13.7. The standard InChI is InChI=1S/C17H12Cl2N4/c1-9-5-6-13-10(7-9)16-14(8-20-23-16)22-17(21-13)15-11(18)3-2-4-12(15)19/h2-8H,1H3,(H,20,23)(H,21,22). The molecule has 114 valence electrons. The number of aryl methyl sites for hydroxylation is 1. The molecule has 0 unspecified atom stereocenters. The van der Waals surface area contributed by atoms with Gasteiger partial charge in [0.2, 0.25) is 0 Å². The highest BCUT2D eigenvalue weighted by Gasteiger charge is 2.21. The SMILES string of the molecule is Cc1ccc2c(c1)-c1[nH]ncc1NC(c1c(Cl)cccc1Cl)=N2. The van der Waals surface area contributed by atoms with Crippen molar-refractivity contribution in [3.8, 4) is 11.3 Å². The Kier molecular flexibility index (Phi) is 3.36. The van der Waals surface area contributed by atoms with Gasteiger partial charge in [-0.05, 0) is 31.2 Å². The molecule has 6 heteroatoms. The number of fused-ring (bicyclic) bond motifs is 3. The number of amidine groups is 1. The Hall–Kier alpha value is -2.30. The number of anilines is 1. The third kappa shape index (κ3) is 2.40. The minimum Gasteiger partial charge on any atom is -0.337 e. The van der Waals surface area contributed by atoms with Crippen LogP contribution in [-0.2, 0) is 0 Å². The van der Waals surface area contributed by atoms with Crippen molar-refractivity contribution in [2.45, 2.75) is 6.92 Å². The highest BCUT2D eigenvalue weighted by molar-refractivity contribution is 6.41. The molecule has 0 spiro atoms.